The molecule has 5 nitrogen and oxygen atoms in total. The van der Waals surface area contributed by atoms with Crippen LogP contribution in [0, 0.1) is 0 Å². The minimum absolute atomic E-state index is 0. The molecule has 2 aromatic rings. The van der Waals surface area contributed by atoms with Crippen LogP contribution in [0.1, 0.15) is 33.9 Å². The van der Waals surface area contributed by atoms with Crippen LogP contribution in [-0.2, 0) is 13.0 Å². The number of carbonyl (C=O) groups is 1. The van der Waals surface area contributed by atoms with Crippen LogP contribution >= 0.6 is 23.7 Å². The highest BCUT2D eigenvalue weighted by Gasteiger charge is 2.34. The highest BCUT2D eigenvalue weighted by Crippen LogP contribution is 2.31. The van der Waals surface area contributed by atoms with Crippen LogP contribution in [0.2, 0.25) is 0 Å². The van der Waals surface area contributed by atoms with Crippen LogP contribution in [0.25, 0.3) is 0 Å². The molecule has 1 aromatic heterocycles. The Morgan fingerprint density at radius 2 is 2.17 bits per heavy atom. The van der Waals surface area contributed by atoms with Crippen molar-refractivity contribution in [3.8, 4) is 5.75 Å². The quantitative estimate of drug-likeness (QED) is 0.817. The van der Waals surface area contributed by atoms with E-state index in [1.54, 1.807) is 7.11 Å². The zero-order chi connectivity index (χ0) is 16.2. The number of thiazole rings is 1. The number of aromatic nitrogens is 1. The lowest BCUT2D eigenvalue weighted by molar-refractivity contribution is 0.0723. The fourth-order valence-corrected chi connectivity index (χ4v) is 3.35. The second-order valence-electron chi connectivity index (χ2n) is 5.64. The molecule has 0 atom stereocenters. The molecule has 7 heteroatoms. The average Bonchev–Trinajstić information content (AvgIpc) is 3.31. The molecule has 0 bridgehead atoms. The van der Waals surface area contributed by atoms with E-state index in [-0.39, 0.29) is 18.3 Å². The third kappa shape index (κ3) is 4.26. The summed E-state index contributed by atoms with van der Waals surface area (Å²) in [5.74, 6) is 0.811. The Morgan fingerprint density at radius 3 is 2.83 bits per heavy atom. The maximum atomic E-state index is 12.8. The summed E-state index contributed by atoms with van der Waals surface area (Å²) in [7, 11) is 1.65. The first-order chi connectivity index (χ1) is 11.2. The van der Waals surface area contributed by atoms with Crippen LogP contribution in [0.3, 0.4) is 0 Å². The second kappa shape index (κ2) is 8.46. The van der Waals surface area contributed by atoms with Gasteiger partial charge in [0.25, 0.3) is 5.91 Å². The van der Waals surface area contributed by atoms with Gasteiger partial charge in [-0.2, -0.15) is 0 Å². The Labute approximate surface area is 152 Å². The van der Waals surface area contributed by atoms with E-state index in [0.717, 1.165) is 29.2 Å². The van der Waals surface area contributed by atoms with Gasteiger partial charge < -0.3 is 15.4 Å². The van der Waals surface area contributed by atoms with Gasteiger partial charge in [0.15, 0.2) is 0 Å². The molecule has 2 N–H and O–H groups in total. The van der Waals surface area contributed by atoms with Gasteiger partial charge in [-0.3, -0.25) is 4.79 Å². The monoisotopic (exact) mass is 367 g/mol. The molecule has 1 saturated carbocycles. The van der Waals surface area contributed by atoms with E-state index in [1.165, 1.54) is 11.3 Å². The first-order valence-corrected chi connectivity index (χ1v) is 8.68. The van der Waals surface area contributed by atoms with Crippen molar-refractivity contribution in [2.45, 2.75) is 31.8 Å². The molecular formula is C17H22ClN3O2S. The lowest BCUT2D eigenvalue weighted by Gasteiger charge is -2.22. The smallest absolute Gasteiger partial charge is 0.273 e. The molecule has 0 spiro atoms. The number of halogens is 1. The Hall–Kier alpha value is -1.63. The van der Waals surface area contributed by atoms with Crippen molar-refractivity contribution in [2.75, 3.05) is 13.7 Å². The molecule has 130 valence electrons. The zero-order valence-electron chi connectivity index (χ0n) is 13.6. The largest absolute Gasteiger partial charge is 0.496 e. The molecular weight excluding hydrogens is 346 g/mol. The van der Waals surface area contributed by atoms with E-state index >= 15 is 0 Å². The van der Waals surface area contributed by atoms with Crippen LogP contribution in [0.4, 0.5) is 0 Å². The lowest BCUT2D eigenvalue weighted by atomic mass is 10.1. The summed E-state index contributed by atoms with van der Waals surface area (Å²) in [4.78, 5) is 19.2. The van der Waals surface area contributed by atoms with E-state index in [0.29, 0.717) is 31.2 Å². The van der Waals surface area contributed by atoms with Gasteiger partial charge in [-0.05, 0) is 25.5 Å². The molecule has 1 amide bonds. The van der Waals surface area contributed by atoms with Crippen molar-refractivity contribution < 1.29 is 9.53 Å². The molecule has 1 aliphatic carbocycles. The number of nitrogens with zero attached hydrogens (tertiary/aromatic N) is 2. The Morgan fingerprint density at radius 1 is 1.42 bits per heavy atom. The van der Waals surface area contributed by atoms with Gasteiger partial charge in [-0.1, -0.05) is 18.2 Å². The van der Waals surface area contributed by atoms with Crippen molar-refractivity contribution in [3.05, 3.63) is 45.9 Å². The number of hydrogen-bond acceptors (Lipinski definition) is 5. The summed E-state index contributed by atoms with van der Waals surface area (Å²) in [6.07, 6.45) is 2.83. The molecule has 0 aliphatic heterocycles. The number of amides is 1. The van der Waals surface area contributed by atoms with E-state index < -0.39 is 0 Å². The molecule has 24 heavy (non-hydrogen) atoms. The minimum atomic E-state index is -0.00192. The highest BCUT2D eigenvalue weighted by atomic mass is 35.5. The molecule has 0 unspecified atom stereocenters. The second-order valence-corrected chi connectivity index (χ2v) is 6.58. The standard InChI is InChI=1S/C17H21N3O2S.ClH/c1-22-15-5-3-2-4-12(15)10-20(13-6-7-13)17(21)14-11-23-16(19-14)8-9-18;/h2-5,11,13H,6-10,18H2,1H3;1H. The van der Waals surface area contributed by atoms with Crippen LogP contribution in [0.15, 0.2) is 29.6 Å². The Kier molecular flexibility index (Phi) is 6.60. The third-order valence-corrected chi connectivity index (χ3v) is 4.82. The fourth-order valence-electron chi connectivity index (χ4n) is 2.56. The van der Waals surface area contributed by atoms with Gasteiger partial charge in [0.2, 0.25) is 0 Å². The molecule has 1 fully saturated rings. The zero-order valence-corrected chi connectivity index (χ0v) is 15.2. The normalized spacial score (nSPS) is 13.2. The van der Waals surface area contributed by atoms with Crippen LogP contribution < -0.4 is 10.5 Å². The van der Waals surface area contributed by atoms with Crippen LogP contribution in [0.5, 0.6) is 5.75 Å². The average molecular weight is 368 g/mol. The van der Waals surface area contributed by atoms with Gasteiger partial charge in [0.05, 0.1) is 12.1 Å². The number of hydrogen-bond donors (Lipinski definition) is 1. The van der Waals surface area contributed by atoms with Crippen molar-refractivity contribution in [3.63, 3.8) is 0 Å². The van der Waals surface area contributed by atoms with Crippen molar-refractivity contribution in [1.29, 1.82) is 0 Å². The van der Waals surface area contributed by atoms with Gasteiger partial charge in [0.1, 0.15) is 11.4 Å². The van der Waals surface area contributed by atoms with Crippen LogP contribution in [-0.4, -0.2) is 35.5 Å². The number of benzene rings is 1. The molecule has 0 radical (unpaired) electrons. The molecule has 1 heterocycles. The van der Waals surface area contributed by atoms with Crippen molar-refractivity contribution in [2.24, 2.45) is 5.73 Å². The number of nitrogens with two attached hydrogens (primary N) is 1. The number of methoxy groups -OCH3 is 1. The maximum absolute atomic E-state index is 12.8. The SMILES string of the molecule is COc1ccccc1CN(C(=O)c1csc(CCN)n1)C1CC1.Cl. The summed E-state index contributed by atoms with van der Waals surface area (Å²) in [6, 6.07) is 8.14. The van der Waals surface area contributed by atoms with E-state index in [1.807, 2.05) is 34.5 Å². The summed E-state index contributed by atoms with van der Waals surface area (Å²) < 4.78 is 5.40. The minimum Gasteiger partial charge on any atom is -0.496 e. The molecule has 3 rings (SSSR count). The van der Waals surface area contributed by atoms with Gasteiger partial charge >= 0.3 is 0 Å². The van der Waals surface area contributed by atoms with E-state index in [9.17, 15) is 4.79 Å². The fraction of sp³-hybridized carbons (Fsp3) is 0.412. The summed E-state index contributed by atoms with van der Waals surface area (Å²) in [5, 5.41) is 2.76. The summed E-state index contributed by atoms with van der Waals surface area (Å²) in [5.41, 5.74) is 7.10. The lowest BCUT2D eigenvalue weighted by Crippen LogP contribution is -2.33. The summed E-state index contributed by atoms with van der Waals surface area (Å²) >= 11 is 1.50. The first kappa shape index (κ1) is 18.7. The Bertz CT molecular complexity index is 688. The molecule has 0 saturated heterocycles. The number of rotatable bonds is 7. The maximum Gasteiger partial charge on any atom is 0.273 e. The molecule has 1 aromatic carbocycles. The number of carbonyl (C=O) groups excluding carboxylic acids is 1. The Balaban J connectivity index is 0.00000208. The van der Waals surface area contributed by atoms with Gasteiger partial charge in [0, 0.05) is 30.0 Å². The molecule has 1 aliphatic rings. The van der Waals surface area contributed by atoms with Gasteiger partial charge in [-0.25, -0.2) is 4.98 Å². The summed E-state index contributed by atoms with van der Waals surface area (Å²) in [6.45, 7) is 1.10. The van der Waals surface area contributed by atoms with Crippen molar-refractivity contribution >= 4 is 29.7 Å². The predicted molar refractivity (Wildman–Crippen MR) is 98.0 cm³/mol. The number of ether oxygens (including phenoxy) is 1. The number of para-hydroxylation sites is 1. The van der Waals surface area contributed by atoms with E-state index in [2.05, 4.69) is 4.98 Å². The topological polar surface area (TPSA) is 68.5 Å². The van der Waals surface area contributed by atoms with Gasteiger partial charge in [-0.15, -0.1) is 23.7 Å². The van der Waals surface area contributed by atoms with Crippen molar-refractivity contribution in [1.82, 2.24) is 9.88 Å². The third-order valence-electron chi connectivity index (χ3n) is 3.91. The first-order valence-electron chi connectivity index (χ1n) is 7.80. The highest BCUT2D eigenvalue weighted by molar-refractivity contribution is 7.09. The van der Waals surface area contributed by atoms with E-state index in [4.69, 9.17) is 10.5 Å². The predicted octanol–water partition coefficient (Wildman–Crippen LogP) is 2.88.